The van der Waals surface area contributed by atoms with E-state index in [4.69, 9.17) is 0 Å². The van der Waals surface area contributed by atoms with Crippen molar-refractivity contribution in [2.24, 2.45) is 7.05 Å². The largest absolute Gasteiger partial charge is 0.338 e. The molecule has 2 aromatic heterocycles. The number of nitrogens with one attached hydrogen (secondary N) is 1. The van der Waals surface area contributed by atoms with Crippen LogP contribution in [-0.4, -0.2) is 26.8 Å². The average molecular weight is 273 g/mol. The van der Waals surface area contributed by atoms with Gasteiger partial charge in [-0.1, -0.05) is 6.92 Å². The van der Waals surface area contributed by atoms with Crippen molar-refractivity contribution in [2.75, 3.05) is 7.05 Å². The van der Waals surface area contributed by atoms with Gasteiger partial charge in [0.25, 0.3) is 0 Å². The van der Waals surface area contributed by atoms with Gasteiger partial charge in [0.2, 0.25) is 0 Å². The maximum atomic E-state index is 4.38. The molecule has 2 heterocycles. The van der Waals surface area contributed by atoms with Crippen molar-refractivity contribution in [3.8, 4) is 0 Å². The molecular formula is C15H23N5. The number of hydrogen-bond donors (Lipinski definition) is 1. The molecule has 0 amide bonds. The first-order valence-electron chi connectivity index (χ1n) is 7.12. The van der Waals surface area contributed by atoms with Crippen molar-refractivity contribution in [3.05, 3.63) is 41.2 Å². The Morgan fingerprint density at radius 2 is 2.15 bits per heavy atom. The van der Waals surface area contributed by atoms with Crippen LogP contribution in [0.1, 0.15) is 42.2 Å². The van der Waals surface area contributed by atoms with E-state index in [-0.39, 0.29) is 6.04 Å². The van der Waals surface area contributed by atoms with Gasteiger partial charge in [-0.2, -0.15) is 10.2 Å². The SMILES string of the molecule is CCc1nnc(C)cc1C(CCc1nccn1C)NC. The van der Waals surface area contributed by atoms with Gasteiger partial charge in [0.15, 0.2) is 0 Å². The first kappa shape index (κ1) is 14.7. The molecule has 0 aliphatic heterocycles. The number of rotatable bonds is 6. The molecule has 0 saturated carbocycles. The molecule has 1 unspecified atom stereocenters. The summed E-state index contributed by atoms with van der Waals surface area (Å²) in [6.45, 7) is 4.11. The smallest absolute Gasteiger partial charge is 0.108 e. The molecule has 1 atom stereocenters. The van der Waals surface area contributed by atoms with E-state index in [1.807, 2.05) is 33.4 Å². The van der Waals surface area contributed by atoms with Gasteiger partial charge in [-0.25, -0.2) is 4.98 Å². The summed E-state index contributed by atoms with van der Waals surface area (Å²) in [5.41, 5.74) is 3.31. The zero-order valence-electron chi connectivity index (χ0n) is 12.7. The second kappa shape index (κ2) is 6.61. The first-order chi connectivity index (χ1) is 9.65. The van der Waals surface area contributed by atoms with Gasteiger partial charge >= 0.3 is 0 Å². The Kier molecular flexibility index (Phi) is 4.84. The van der Waals surface area contributed by atoms with E-state index in [1.54, 1.807) is 0 Å². The van der Waals surface area contributed by atoms with Crippen molar-refractivity contribution in [2.45, 2.75) is 39.2 Å². The Labute approximate surface area is 120 Å². The molecule has 0 aliphatic carbocycles. The van der Waals surface area contributed by atoms with Gasteiger partial charge in [0, 0.05) is 31.9 Å². The molecule has 0 fully saturated rings. The monoisotopic (exact) mass is 273 g/mol. The molecular weight excluding hydrogens is 250 g/mol. The first-order valence-corrected chi connectivity index (χ1v) is 7.12. The van der Waals surface area contributed by atoms with E-state index in [0.29, 0.717) is 0 Å². The molecule has 0 aromatic carbocycles. The van der Waals surface area contributed by atoms with Crippen molar-refractivity contribution >= 4 is 0 Å². The summed E-state index contributed by atoms with van der Waals surface area (Å²) in [6, 6.07) is 2.43. The highest BCUT2D eigenvalue weighted by Gasteiger charge is 2.15. The lowest BCUT2D eigenvalue weighted by molar-refractivity contribution is 0.527. The van der Waals surface area contributed by atoms with Crippen molar-refractivity contribution in [3.63, 3.8) is 0 Å². The van der Waals surface area contributed by atoms with Gasteiger partial charge < -0.3 is 9.88 Å². The molecule has 0 bridgehead atoms. The highest BCUT2D eigenvalue weighted by atomic mass is 15.1. The molecule has 0 aliphatic rings. The van der Waals surface area contributed by atoms with Crippen LogP contribution in [0, 0.1) is 6.92 Å². The molecule has 0 radical (unpaired) electrons. The van der Waals surface area contributed by atoms with Crippen molar-refractivity contribution in [1.29, 1.82) is 0 Å². The molecule has 2 aromatic rings. The summed E-state index contributed by atoms with van der Waals surface area (Å²) < 4.78 is 2.07. The Morgan fingerprint density at radius 1 is 1.35 bits per heavy atom. The maximum Gasteiger partial charge on any atom is 0.108 e. The van der Waals surface area contributed by atoms with Crippen LogP contribution in [0.3, 0.4) is 0 Å². The van der Waals surface area contributed by atoms with E-state index in [9.17, 15) is 0 Å². The molecule has 0 saturated heterocycles. The van der Waals surface area contributed by atoms with Crippen LogP contribution in [0.25, 0.3) is 0 Å². The second-order valence-electron chi connectivity index (χ2n) is 5.08. The fourth-order valence-corrected chi connectivity index (χ4v) is 2.48. The number of aryl methyl sites for hydroxylation is 4. The third-order valence-corrected chi connectivity index (χ3v) is 3.66. The van der Waals surface area contributed by atoms with Crippen LogP contribution in [-0.2, 0) is 19.9 Å². The fraction of sp³-hybridized carbons (Fsp3) is 0.533. The molecule has 1 N–H and O–H groups in total. The third kappa shape index (κ3) is 3.22. The molecule has 108 valence electrons. The van der Waals surface area contributed by atoms with E-state index < -0.39 is 0 Å². The number of aromatic nitrogens is 4. The van der Waals surface area contributed by atoms with Gasteiger partial charge in [-0.05, 0) is 38.4 Å². The molecule has 5 nitrogen and oxygen atoms in total. The summed E-state index contributed by atoms with van der Waals surface area (Å²) in [5.74, 6) is 1.11. The predicted molar refractivity (Wildman–Crippen MR) is 79.5 cm³/mol. The Balaban J connectivity index is 2.16. The number of hydrogen-bond acceptors (Lipinski definition) is 4. The lowest BCUT2D eigenvalue weighted by atomic mass is 9.99. The highest BCUT2D eigenvalue weighted by molar-refractivity contribution is 5.25. The zero-order chi connectivity index (χ0) is 14.5. The number of nitrogens with zero attached hydrogens (tertiary/aromatic N) is 4. The summed E-state index contributed by atoms with van der Waals surface area (Å²) >= 11 is 0. The highest BCUT2D eigenvalue weighted by Crippen LogP contribution is 2.21. The third-order valence-electron chi connectivity index (χ3n) is 3.66. The Bertz CT molecular complexity index is 561. The van der Waals surface area contributed by atoms with Crippen LogP contribution in [0.5, 0.6) is 0 Å². The van der Waals surface area contributed by atoms with Gasteiger partial charge in [-0.3, -0.25) is 0 Å². The Morgan fingerprint density at radius 3 is 2.75 bits per heavy atom. The van der Waals surface area contributed by atoms with E-state index in [1.165, 1.54) is 5.56 Å². The lowest BCUT2D eigenvalue weighted by Crippen LogP contribution is -2.20. The molecule has 20 heavy (non-hydrogen) atoms. The minimum atomic E-state index is 0.288. The number of imidazole rings is 1. The quantitative estimate of drug-likeness (QED) is 0.874. The minimum Gasteiger partial charge on any atom is -0.338 e. The van der Waals surface area contributed by atoms with Gasteiger partial charge in [0.1, 0.15) is 5.82 Å². The van der Waals surface area contributed by atoms with Crippen LogP contribution in [0.2, 0.25) is 0 Å². The molecule has 2 rings (SSSR count). The van der Waals surface area contributed by atoms with Crippen LogP contribution in [0.15, 0.2) is 18.5 Å². The zero-order valence-corrected chi connectivity index (χ0v) is 12.7. The standard InChI is InChI=1S/C15H23N5/c1-5-13-12(10-11(2)18-19-13)14(16-3)6-7-15-17-8-9-20(15)4/h8-10,14,16H,5-7H2,1-4H3. The van der Waals surface area contributed by atoms with Crippen molar-refractivity contribution < 1.29 is 0 Å². The van der Waals surface area contributed by atoms with Gasteiger partial charge in [-0.15, -0.1) is 0 Å². The van der Waals surface area contributed by atoms with Crippen LogP contribution >= 0.6 is 0 Å². The van der Waals surface area contributed by atoms with E-state index in [2.05, 4.69) is 38.1 Å². The second-order valence-corrected chi connectivity index (χ2v) is 5.08. The summed E-state index contributed by atoms with van der Waals surface area (Å²) in [5, 5.41) is 11.9. The van der Waals surface area contributed by atoms with Crippen molar-refractivity contribution in [1.82, 2.24) is 25.1 Å². The molecule has 0 spiro atoms. The maximum absolute atomic E-state index is 4.38. The average Bonchev–Trinajstić information content (AvgIpc) is 2.85. The van der Waals surface area contributed by atoms with Crippen LogP contribution < -0.4 is 5.32 Å². The minimum absolute atomic E-state index is 0.288. The predicted octanol–water partition coefficient (Wildman–Crippen LogP) is 1.97. The fourth-order valence-electron chi connectivity index (χ4n) is 2.48. The summed E-state index contributed by atoms with van der Waals surface area (Å²) in [4.78, 5) is 4.38. The molecule has 5 heteroatoms. The summed E-state index contributed by atoms with van der Waals surface area (Å²) in [6.07, 6.45) is 6.68. The Hall–Kier alpha value is -1.75. The van der Waals surface area contributed by atoms with E-state index in [0.717, 1.165) is 36.5 Å². The van der Waals surface area contributed by atoms with Crippen LogP contribution in [0.4, 0.5) is 0 Å². The van der Waals surface area contributed by atoms with E-state index >= 15 is 0 Å². The lowest BCUT2D eigenvalue weighted by Gasteiger charge is -2.19. The topological polar surface area (TPSA) is 55.6 Å². The summed E-state index contributed by atoms with van der Waals surface area (Å²) in [7, 11) is 4.03. The van der Waals surface area contributed by atoms with Gasteiger partial charge in [0.05, 0.1) is 11.4 Å². The normalized spacial score (nSPS) is 12.6.